The van der Waals surface area contributed by atoms with Gasteiger partial charge in [-0.15, -0.1) is 0 Å². The van der Waals surface area contributed by atoms with Gasteiger partial charge < -0.3 is 18.9 Å². The van der Waals surface area contributed by atoms with Crippen LogP contribution in [-0.4, -0.2) is 39.0 Å². The Hall–Kier alpha value is -0.160. The summed E-state index contributed by atoms with van der Waals surface area (Å²) in [6, 6.07) is 0. The van der Waals surface area contributed by atoms with Crippen LogP contribution in [0.25, 0.3) is 0 Å². The minimum Gasteiger partial charge on any atom is -0.353 e. The van der Waals surface area contributed by atoms with E-state index in [1.807, 2.05) is 0 Å². The third-order valence-corrected chi connectivity index (χ3v) is 2.93. The molecule has 0 aromatic heterocycles. The zero-order valence-corrected chi connectivity index (χ0v) is 9.86. The Bertz CT molecular complexity index is 150. The van der Waals surface area contributed by atoms with Gasteiger partial charge in [-0.2, -0.15) is 0 Å². The second kappa shape index (κ2) is 7.22. The summed E-state index contributed by atoms with van der Waals surface area (Å²) in [5.41, 5.74) is 0. The molecule has 2 aliphatic rings. The van der Waals surface area contributed by atoms with Gasteiger partial charge in [0.05, 0.1) is 0 Å². The highest BCUT2D eigenvalue weighted by molar-refractivity contribution is 4.57. The molecule has 0 amide bonds. The number of hydrogen-bond donors (Lipinski definition) is 0. The average Bonchev–Trinajstić information content (AvgIpc) is 2.71. The van der Waals surface area contributed by atoms with Crippen molar-refractivity contribution >= 4 is 0 Å². The van der Waals surface area contributed by atoms with E-state index in [1.54, 1.807) is 0 Å². The zero-order valence-electron chi connectivity index (χ0n) is 9.86. The fourth-order valence-electron chi connectivity index (χ4n) is 1.97. The summed E-state index contributed by atoms with van der Waals surface area (Å²) in [5, 5.41) is 0. The van der Waals surface area contributed by atoms with Crippen molar-refractivity contribution < 1.29 is 18.9 Å². The van der Waals surface area contributed by atoms with Crippen LogP contribution in [0.5, 0.6) is 0 Å². The first-order valence-electron chi connectivity index (χ1n) is 6.41. The lowest BCUT2D eigenvalue weighted by molar-refractivity contribution is -0.163. The van der Waals surface area contributed by atoms with E-state index in [4.69, 9.17) is 18.9 Å². The summed E-state index contributed by atoms with van der Waals surface area (Å²) < 4.78 is 22.4. The molecule has 2 aliphatic heterocycles. The summed E-state index contributed by atoms with van der Waals surface area (Å²) in [6.45, 7) is 3.27. The van der Waals surface area contributed by atoms with Crippen LogP contribution in [-0.2, 0) is 18.9 Å². The molecule has 94 valence electrons. The predicted octanol–water partition coefficient (Wildman–Crippen LogP) is 2.07. The summed E-state index contributed by atoms with van der Waals surface area (Å²) in [6.07, 6.45) is 6.03. The van der Waals surface area contributed by atoms with E-state index < -0.39 is 0 Å². The minimum absolute atomic E-state index is 0.0575. The molecular formula is C12H22O4. The van der Waals surface area contributed by atoms with Crippen molar-refractivity contribution in [1.82, 2.24) is 0 Å². The Balaban J connectivity index is 1.64. The highest BCUT2D eigenvalue weighted by Gasteiger charge is 2.18. The van der Waals surface area contributed by atoms with Crippen molar-refractivity contribution in [3.05, 3.63) is 0 Å². The monoisotopic (exact) mass is 230 g/mol. The molecule has 0 aromatic carbocycles. The fraction of sp³-hybridized carbons (Fsp3) is 1.00. The standard InChI is InChI=1S/C12H22O4/c1-2-8-14-11(13-7-1)5-6-12-15-9-3-4-10-16-12/h11-12H,1-10H2. The second-order valence-corrected chi connectivity index (χ2v) is 4.33. The van der Waals surface area contributed by atoms with Gasteiger partial charge in [-0.3, -0.25) is 0 Å². The molecule has 0 N–H and O–H groups in total. The Labute approximate surface area is 97.2 Å². The Morgan fingerprint density at radius 3 is 1.19 bits per heavy atom. The van der Waals surface area contributed by atoms with Crippen molar-refractivity contribution in [2.24, 2.45) is 0 Å². The molecule has 2 heterocycles. The smallest absolute Gasteiger partial charge is 0.157 e. The highest BCUT2D eigenvalue weighted by atomic mass is 16.7. The Morgan fingerprint density at radius 2 is 0.875 bits per heavy atom. The van der Waals surface area contributed by atoms with Crippen LogP contribution in [0.1, 0.15) is 38.5 Å². The van der Waals surface area contributed by atoms with Gasteiger partial charge in [-0.1, -0.05) is 0 Å². The normalized spacial score (nSPS) is 26.2. The first-order chi connectivity index (χ1) is 7.95. The van der Waals surface area contributed by atoms with Crippen LogP contribution in [0.15, 0.2) is 0 Å². The van der Waals surface area contributed by atoms with Gasteiger partial charge >= 0.3 is 0 Å². The maximum atomic E-state index is 5.59. The van der Waals surface area contributed by atoms with Crippen LogP contribution in [0, 0.1) is 0 Å². The van der Waals surface area contributed by atoms with Gasteiger partial charge in [0, 0.05) is 39.3 Å². The van der Waals surface area contributed by atoms with Crippen molar-refractivity contribution in [2.75, 3.05) is 26.4 Å². The molecule has 2 saturated heterocycles. The third kappa shape index (κ3) is 4.37. The quantitative estimate of drug-likeness (QED) is 0.743. The van der Waals surface area contributed by atoms with Crippen LogP contribution in [0.2, 0.25) is 0 Å². The molecule has 0 radical (unpaired) electrons. The van der Waals surface area contributed by atoms with Gasteiger partial charge in [0.2, 0.25) is 0 Å². The Morgan fingerprint density at radius 1 is 0.562 bits per heavy atom. The summed E-state index contributed by atoms with van der Waals surface area (Å²) in [5.74, 6) is 0. The molecule has 0 spiro atoms. The average molecular weight is 230 g/mol. The number of rotatable bonds is 3. The highest BCUT2D eigenvalue weighted by Crippen LogP contribution is 2.16. The van der Waals surface area contributed by atoms with Crippen molar-refractivity contribution in [1.29, 1.82) is 0 Å². The van der Waals surface area contributed by atoms with Crippen molar-refractivity contribution in [2.45, 2.75) is 51.1 Å². The molecule has 0 aromatic rings. The molecule has 0 aliphatic carbocycles. The minimum atomic E-state index is -0.0575. The largest absolute Gasteiger partial charge is 0.353 e. The molecule has 0 atom stereocenters. The molecule has 4 heteroatoms. The maximum absolute atomic E-state index is 5.59. The first-order valence-corrected chi connectivity index (χ1v) is 6.41. The summed E-state index contributed by atoms with van der Waals surface area (Å²) in [4.78, 5) is 0. The number of hydrogen-bond acceptors (Lipinski definition) is 4. The van der Waals surface area contributed by atoms with E-state index in [-0.39, 0.29) is 12.6 Å². The van der Waals surface area contributed by atoms with Crippen LogP contribution in [0.4, 0.5) is 0 Å². The van der Waals surface area contributed by atoms with Gasteiger partial charge in [-0.25, -0.2) is 0 Å². The van der Waals surface area contributed by atoms with E-state index in [2.05, 4.69) is 0 Å². The van der Waals surface area contributed by atoms with E-state index in [1.165, 1.54) is 0 Å². The maximum Gasteiger partial charge on any atom is 0.157 e. The van der Waals surface area contributed by atoms with E-state index in [9.17, 15) is 0 Å². The molecule has 4 nitrogen and oxygen atoms in total. The summed E-state index contributed by atoms with van der Waals surface area (Å²) >= 11 is 0. The summed E-state index contributed by atoms with van der Waals surface area (Å²) in [7, 11) is 0. The molecule has 2 fully saturated rings. The molecule has 16 heavy (non-hydrogen) atoms. The SMILES string of the molecule is C1CCOC(CCC2OCCCCO2)OC1. The van der Waals surface area contributed by atoms with Crippen molar-refractivity contribution in [3.63, 3.8) is 0 Å². The van der Waals surface area contributed by atoms with Crippen molar-refractivity contribution in [3.8, 4) is 0 Å². The molecule has 0 unspecified atom stereocenters. The number of ether oxygens (including phenoxy) is 4. The molecular weight excluding hydrogens is 208 g/mol. The third-order valence-electron chi connectivity index (χ3n) is 2.93. The topological polar surface area (TPSA) is 36.9 Å². The van der Waals surface area contributed by atoms with E-state index >= 15 is 0 Å². The van der Waals surface area contributed by atoms with Gasteiger partial charge in [0.1, 0.15) is 0 Å². The first kappa shape index (κ1) is 12.3. The predicted molar refractivity (Wildman–Crippen MR) is 59.1 cm³/mol. The fourth-order valence-corrected chi connectivity index (χ4v) is 1.97. The lowest BCUT2D eigenvalue weighted by atomic mass is 10.3. The van der Waals surface area contributed by atoms with Gasteiger partial charge in [0.25, 0.3) is 0 Å². The van der Waals surface area contributed by atoms with E-state index in [0.29, 0.717) is 0 Å². The van der Waals surface area contributed by atoms with Gasteiger partial charge in [-0.05, 0) is 25.7 Å². The van der Waals surface area contributed by atoms with Crippen LogP contribution >= 0.6 is 0 Å². The lowest BCUT2D eigenvalue weighted by Crippen LogP contribution is -2.22. The van der Waals surface area contributed by atoms with Gasteiger partial charge in [0.15, 0.2) is 12.6 Å². The van der Waals surface area contributed by atoms with E-state index in [0.717, 1.165) is 65.0 Å². The second-order valence-electron chi connectivity index (χ2n) is 4.33. The van der Waals surface area contributed by atoms with Crippen LogP contribution < -0.4 is 0 Å². The lowest BCUT2D eigenvalue weighted by Gasteiger charge is -2.19. The van der Waals surface area contributed by atoms with Crippen LogP contribution in [0.3, 0.4) is 0 Å². The Kier molecular flexibility index (Phi) is 5.55. The molecule has 0 saturated carbocycles. The molecule has 0 bridgehead atoms. The zero-order chi connectivity index (χ0) is 11.1. The molecule has 2 rings (SSSR count).